The van der Waals surface area contributed by atoms with Gasteiger partial charge in [0.1, 0.15) is 5.75 Å². The van der Waals surface area contributed by atoms with E-state index in [1.54, 1.807) is 7.11 Å². The summed E-state index contributed by atoms with van der Waals surface area (Å²) in [4.78, 5) is 2.45. The van der Waals surface area contributed by atoms with E-state index in [0.29, 0.717) is 11.8 Å². The van der Waals surface area contributed by atoms with Gasteiger partial charge in [-0.05, 0) is 59.7 Å². The molecular formula is C21H25NO2. The number of rotatable bonds is 4. The molecule has 3 saturated heterocycles. The van der Waals surface area contributed by atoms with E-state index in [-0.39, 0.29) is 6.04 Å². The average Bonchev–Trinajstić information content (AvgIpc) is 2.66. The van der Waals surface area contributed by atoms with Crippen molar-refractivity contribution in [3.05, 3.63) is 54.6 Å². The van der Waals surface area contributed by atoms with Crippen LogP contribution in [-0.2, 0) is 0 Å². The third-order valence-corrected chi connectivity index (χ3v) is 5.96. The van der Waals surface area contributed by atoms with E-state index in [2.05, 4.69) is 35.8 Å². The zero-order valence-electron chi connectivity index (χ0n) is 14.2. The molecule has 0 amide bonds. The summed E-state index contributed by atoms with van der Waals surface area (Å²) in [6, 6.07) is 12.5. The van der Waals surface area contributed by atoms with E-state index in [4.69, 9.17) is 4.74 Å². The van der Waals surface area contributed by atoms with Gasteiger partial charge in [0.15, 0.2) is 0 Å². The Morgan fingerprint density at radius 3 is 2.92 bits per heavy atom. The lowest BCUT2D eigenvalue weighted by atomic mass is 9.73. The lowest BCUT2D eigenvalue weighted by Crippen LogP contribution is -2.54. The van der Waals surface area contributed by atoms with Crippen LogP contribution in [-0.4, -0.2) is 36.2 Å². The molecule has 126 valence electrons. The summed E-state index contributed by atoms with van der Waals surface area (Å²) >= 11 is 0. The van der Waals surface area contributed by atoms with Crippen LogP contribution in [0.1, 0.15) is 24.5 Å². The number of piperidine rings is 3. The minimum atomic E-state index is -0.464. The van der Waals surface area contributed by atoms with Crippen LogP contribution in [0.5, 0.6) is 5.75 Å². The summed E-state index contributed by atoms with van der Waals surface area (Å²) < 4.78 is 5.38. The highest BCUT2D eigenvalue weighted by Crippen LogP contribution is 2.42. The van der Waals surface area contributed by atoms with Crippen LogP contribution in [0.2, 0.25) is 0 Å². The Labute approximate surface area is 143 Å². The van der Waals surface area contributed by atoms with Crippen LogP contribution in [0, 0.1) is 11.8 Å². The minimum Gasteiger partial charge on any atom is -0.497 e. The Balaban J connectivity index is 1.69. The third-order valence-electron chi connectivity index (χ3n) is 5.96. The average molecular weight is 323 g/mol. The molecule has 24 heavy (non-hydrogen) atoms. The summed E-state index contributed by atoms with van der Waals surface area (Å²) in [7, 11) is 1.68. The summed E-state index contributed by atoms with van der Waals surface area (Å²) in [5, 5.41) is 13.4. The molecule has 0 radical (unpaired) electrons. The van der Waals surface area contributed by atoms with E-state index in [1.807, 2.05) is 18.2 Å². The predicted molar refractivity (Wildman–Crippen MR) is 97.2 cm³/mol. The highest BCUT2D eigenvalue weighted by molar-refractivity contribution is 5.87. The number of methoxy groups -OCH3 is 1. The Hall–Kier alpha value is -1.84. The highest BCUT2D eigenvalue weighted by Gasteiger charge is 2.42. The molecule has 5 unspecified atom stereocenters. The van der Waals surface area contributed by atoms with E-state index in [0.717, 1.165) is 41.6 Å². The molecule has 2 aromatic carbocycles. The molecule has 1 N–H and O–H groups in total. The van der Waals surface area contributed by atoms with Gasteiger partial charge in [-0.15, -0.1) is 6.58 Å². The number of benzene rings is 2. The third kappa shape index (κ3) is 2.52. The second kappa shape index (κ2) is 6.23. The molecule has 2 bridgehead atoms. The molecule has 2 aromatic rings. The zero-order chi connectivity index (χ0) is 16.7. The van der Waals surface area contributed by atoms with Gasteiger partial charge in [0.25, 0.3) is 0 Å². The number of fused-ring (bicyclic) bond motifs is 4. The molecule has 0 aliphatic carbocycles. The maximum atomic E-state index is 11.2. The maximum Gasteiger partial charge on any atom is 0.119 e. The summed E-state index contributed by atoms with van der Waals surface area (Å²) in [5.74, 6) is 2.07. The largest absolute Gasteiger partial charge is 0.497 e. The monoisotopic (exact) mass is 323 g/mol. The van der Waals surface area contributed by atoms with Gasteiger partial charge in [0.2, 0.25) is 0 Å². The Kier molecular flexibility index (Phi) is 4.07. The van der Waals surface area contributed by atoms with Gasteiger partial charge in [-0.1, -0.05) is 30.3 Å². The standard InChI is InChI=1S/C21H25NO2/c1-3-14-13-22-10-9-16(14)11-20(22)21(23)18-6-4-5-15-7-8-17(24-2)12-19(15)18/h3-8,12,14,16,20-21,23H,1,9-11,13H2,2H3. The normalized spacial score (nSPS) is 30.2. The summed E-state index contributed by atoms with van der Waals surface area (Å²) in [6.45, 7) is 6.11. The second-order valence-corrected chi connectivity index (χ2v) is 7.13. The van der Waals surface area contributed by atoms with E-state index < -0.39 is 6.10 Å². The molecule has 3 heteroatoms. The Morgan fingerprint density at radius 2 is 2.21 bits per heavy atom. The lowest BCUT2D eigenvalue weighted by Gasteiger charge is -2.50. The number of ether oxygens (including phenoxy) is 1. The van der Waals surface area contributed by atoms with Crippen molar-refractivity contribution >= 4 is 10.8 Å². The first-order valence-corrected chi connectivity index (χ1v) is 8.82. The fourth-order valence-corrected chi connectivity index (χ4v) is 4.57. The quantitative estimate of drug-likeness (QED) is 0.869. The van der Waals surface area contributed by atoms with Crippen LogP contribution in [0.3, 0.4) is 0 Å². The van der Waals surface area contributed by atoms with Gasteiger partial charge in [0.05, 0.1) is 13.2 Å². The molecule has 3 nitrogen and oxygen atoms in total. The van der Waals surface area contributed by atoms with Crippen LogP contribution in [0.4, 0.5) is 0 Å². The highest BCUT2D eigenvalue weighted by atomic mass is 16.5. The van der Waals surface area contributed by atoms with Crippen molar-refractivity contribution < 1.29 is 9.84 Å². The summed E-state index contributed by atoms with van der Waals surface area (Å²) in [5.41, 5.74) is 1.01. The lowest BCUT2D eigenvalue weighted by molar-refractivity contribution is -0.0444. The van der Waals surface area contributed by atoms with Gasteiger partial charge in [-0.3, -0.25) is 4.90 Å². The summed E-state index contributed by atoms with van der Waals surface area (Å²) in [6.07, 6.45) is 3.92. The van der Waals surface area contributed by atoms with Crippen molar-refractivity contribution in [3.63, 3.8) is 0 Å². The topological polar surface area (TPSA) is 32.7 Å². The van der Waals surface area contributed by atoms with Crippen LogP contribution in [0.15, 0.2) is 49.1 Å². The van der Waals surface area contributed by atoms with Crippen LogP contribution < -0.4 is 4.74 Å². The van der Waals surface area contributed by atoms with Crippen molar-refractivity contribution in [2.75, 3.05) is 20.2 Å². The molecule has 5 rings (SSSR count). The number of aliphatic hydroxyl groups is 1. The Morgan fingerprint density at radius 1 is 1.33 bits per heavy atom. The number of nitrogens with zero attached hydrogens (tertiary/aromatic N) is 1. The van der Waals surface area contributed by atoms with Gasteiger partial charge < -0.3 is 9.84 Å². The number of hydrogen-bond acceptors (Lipinski definition) is 3. The van der Waals surface area contributed by atoms with Crippen molar-refractivity contribution in [3.8, 4) is 5.75 Å². The van der Waals surface area contributed by atoms with E-state index in [9.17, 15) is 5.11 Å². The molecule has 3 aliphatic rings. The fraction of sp³-hybridized carbons (Fsp3) is 0.429. The SMILES string of the molecule is C=CC1CN2CCC1CC2C(O)c1cccc2ccc(OC)cc12. The fourth-order valence-electron chi connectivity index (χ4n) is 4.57. The molecule has 3 aliphatic heterocycles. The van der Waals surface area contributed by atoms with Crippen molar-refractivity contribution in [1.82, 2.24) is 4.90 Å². The van der Waals surface area contributed by atoms with Crippen molar-refractivity contribution in [2.24, 2.45) is 11.8 Å². The van der Waals surface area contributed by atoms with Crippen molar-refractivity contribution in [2.45, 2.75) is 25.0 Å². The minimum absolute atomic E-state index is 0.205. The molecule has 0 saturated carbocycles. The molecule has 0 aromatic heterocycles. The molecule has 5 atom stereocenters. The maximum absolute atomic E-state index is 11.2. The molecule has 0 spiro atoms. The molecule has 3 fully saturated rings. The van der Waals surface area contributed by atoms with Crippen LogP contribution in [0.25, 0.3) is 10.8 Å². The van der Waals surface area contributed by atoms with Gasteiger partial charge in [-0.25, -0.2) is 0 Å². The Bertz CT molecular complexity index is 757. The number of aliphatic hydroxyl groups excluding tert-OH is 1. The van der Waals surface area contributed by atoms with E-state index in [1.165, 1.54) is 6.42 Å². The first-order valence-electron chi connectivity index (χ1n) is 8.82. The molecular weight excluding hydrogens is 298 g/mol. The second-order valence-electron chi connectivity index (χ2n) is 7.13. The van der Waals surface area contributed by atoms with Gasteiger partial charge >= 0.3 is 0 Å². The zero-order valence-corrected chi connectivity index (χ0v) is 14.2. The first kappa shape index (κ1) is 15.7. The number of hydrogen-bond donors (Lipinski definition) is 1. The van der Waals surface area contributed by atoms with Gasteiger partial charge in [0, 0.05) is 12.6 Å². The molecule has 3 heterocycles. The van der Waals surface area contributed by atoms with Gasteiger partial charge in [-0.2, -0.15) is 0 Å². The van der Waals surface area contributed by atoms with Crippen LogP contribution >= 0.6 is 0 Å². The van der Waals surface area contributed by atoms with E-state index >= 15 is 0 Å². The predicted octanol–water partition coefficient (Wildman–Crippen LogP) is 3.78. The smallest absolute Gasteiger partial charge is 0.119 e. The van der Waals surface area contributed by atoms with Crippen molar-refractivity contribution in [1.29, 1.82) is 0 Å². The first-order chi connectivity index (χ1) is 11.7.